The van der Waals surface area contributed by atoms with Crippen LogP contribution in [0.25, 0.3) is 0 Å². The quantitative estimate of drug-likeness (QED) is 0.169. The maximum absolute atomic E-state index is 14.4. The van der Waals surface area contributed by atoms with Crippen LogP contribution in [0.2, 0.25) is 10.0 Å². The molecule has 0 spiro atoms. The van der Waals surface area contributed by atoms with Crippen molar-refractivity contribution >= 4 is 66.7 Å². The molecule has 0 bridgehead atoms. The van der Waals surface area contributed by atoms with Gasteiger partial charge in [-0.3, -0.25) is 13.9 Å². The van der Waals surface area contributed by atoms with Gasteiger partial charge in [-0.15, -0.1) is 0 Å². The summed E-state index contributed by atoms with van der Waals surface area (Å²) in [5.74, 6) is -0.936. The van der Waals surface area contributed by atoms with Crippen molar-refractivity contribution in [2.24, 2.45) is 0 Å². The second kappa shape index (κ2) is 15.1. The molecule has 44 heavy (non-hydrogen) atoms. The standard InChI is InChI=1S/C33H32BrCl2N3O4S/c1-23(2)37-33(41)31(19-24-9-5-3-6-10-24)38(21-25-13-15-26(34)16-14-25)32(40)22-39(30-18-17-27(35)20-29(30)36)44(42,43)28-11-7-4-8-12-28/h3-18,20,23,31H,19,21-22H2,1-2H3,(H,37,41)/t31-/m0/s1. The fourth-order valence-electron chi connectivity index (χ4n) is 4.64. The van der Waals surface area contributed by atoms with E-state index in [0.29, 0.717) is 5.02 Å². The van der Waals surface area contributed by atoms with Crippen molar-refractivity contribution in [1.29, 1.82) is 0 Å². The molecule has 0 radical (unpaired) electrons. The van der Waals surface area contributed by atoms with E-state index in [1.807, 2.05) is 68.4 Å². The largest absolute Gasteiger partial charge is 0.352 e. The molecular weight excluding hydrogens is 685 g/mol. The Morgan fingerprint density at radius 2 is 1.45 bits per heavy atom. The van der Waals surface area contributed by atoms with Gasteiger partial charge in [0.2, 0.25) is 11.8 Å². The Balaban J connectivity index is 1.82. The fraction of sp³-hybridized carbons (Fsp3) is 0.212. The maximum Gasteiger partial charge on any atom is 0.264 e. The zero-order valence-electron chi connectivity index (χ0n) is 24.2. The Kier molecular flexibility index (Phi) is 11.5. The molecule has 0 saturated carbocycles. The molecule has 7 nitrogen and oxygen atoms in total. The highest BCUT2D eigenvalue weighted by molar-refractivity contribution is 9.10. The predicted octanol–water partition coefficient (Wildman–Crippen LogP) is 7.12. The lowest BCUT2D eigenvalue weighted by atomic mass is 10.0. The van der Waals surface area contributed by atoms with E-state index in [0.717, 1.165) is 19.9 Å². The molecule has 1 atom stereocenters. The van der Waals surface area contributed by atoms with Gasteiger partial charge in [0.1, 0.15) is 12.6 Å². The molecule has 0 saturated heterocycles. The number of carbonyl (C=O) groups excluding carboxylic acids is 2. The first-order valence-corrected chi connectivity index (χ1v) is 16.9. The molecule has 11 heteroatoms. The topological polar surface area (TPSA) is 86.8 Å². The van der Waals surface area contributed by atoms with Crippen LogP contribution in [0.4, 0.5) is 5.69 Å². The van der Waals surface area contributed by atoms with Crippen LogP contribution in [0, 0.1) is 0 Å². The Hall–Kier alpha value is -3.37. The van der Waals surface area contributed by atoms with Crippen molar-refractivity contribution in [2.45, 2.75) is 43.8 Å². The Labute approximate surface area is 277 Å². The zero-order chi connectivity index (χ0) is 31.9. The van der Waals surface area contributed by atoms with Crippen LogP contribution in [0.1, 0.15) is 25.0 Å². The molecule has 1 N–H and O–H groups in total. The number of anilines is 1. The second-order valence-corrected chi connectivity index (χ2v) is 14.1. The number of sulfonamides is 1. The summed E-state index contributed by atoms with van der Waals surface area (Å²) in [5.41, 5.74) is 1.70. The molecule has 0 aromatic heterocycles. The second-order valence-electron chi connectivity index (χ2n) is 10.4. The molecule has 0 aliphatic carbocycles. The Morgan fingerprint density at radius 1 is 0.841 bits per heavy atom. The van der Waals surface area contributed by atoms with Gasteiger partial charge in [0, 0.05) is 28.5 Å². The van der Waals surface area contributed by atoms with E-state index in [4.69, 9.17) is 23.2 Å². The lowest BCUT2D eigenvalue weighted by molar-refractivity contribution is -0.140. The number of hydrogen-bond acceptors (Lipinski definition) is 4. The number of nitrogens with one attached hydrogen (secondary N) is 1. The third-order valence-electron chi connectivity index (χ3n) is 6.76. The summed E-state index contributed by atoms with van der Waals surface area (Å²) in [7, 11) is -4.27. The van der Waals surface area contributed by atoms with Gasteiger partial charge in [0.05, 0.1) is 15.6 Å². The summed E-state index contributed by atoms with van der Waals surface area (Å²) >= 11 is 16.1. The van der Waals surface area contributed by atoms with E-state index in [-0.39, 0.29) is 40.5 Å². The van der Waals surface area contributed by atoms with Crippen LogP contribution in [0.3, 0.4) is 0 Å². The van der Waals surface area contributed by atoms with Crippen LogP contribution in [0.5, 0.6) is 0 Å². The molecule has 0 unspecified atom stereocenters. The van der Waals surface area contributed by atoms with Crippen molar-refractivity contribution in [3.8, 4) is 0 Å². The number of carbonyl (C=O) groups is 2. The monoisotopic (exact) mass is 715 g/mol. The SMILES string of the molecule is CC(C)NC(=O)[C@H](Cc1ccccc1)N(Cc1ccc(Br)cc1)C(=O)CN(c1ccc(Cl)cc1Cl)S(=O)(=O)c1ccccc1. The van der Waals surface area contributed by atoms with Gasteiger partial charge in [-0.05, 0) is 67.4 Å². The summed E-state index contributed by atoms with van der Waals surface area (Å²) in [6, 6.07) is 27.8. The van der Waals surface area contributed by atoms with E-state index in [1.54, 1.807) is 18.2 Å². The molecular formula is C33H32BrCl2N3O4S. The highest BCUT2D eigenvalue weighted by Crippen LogP contribution is 2.33. The van der Waals surface area contributed by atoms with Crippen LogP contribution in [0.15, 0.2) is 112 Å². The molecule has 4 aromatic carbocycles. The summed E-state index contributed by atoms with van der Waals surface area (Å²) in [5, 5.41) is 3.31. The van der Waals surface area contributed by atoms with Crippen molar-refractivity contribution in [3.63, 3.8) is 0 Å². The first-order valence-electron chi connectivity index (χ1n) is 13.9. The van der Waals surface area contributed by atoms with E-state index < -0.39 is 28.5 Å². The molecule has 4 aromatic rings. The van der Waals surface area contributed by atoms with Crippen LogP contribution in [-0.2, 0) is 32.6 Å². The van der Waals surface area contributed by atoms with Gasteiger partial charge in [-0.2, -0.15) is 0 Å². The van der Waals surface area contributed by atoms with E-state index in [2.05, 4.69) is 21.2 Å². The van der Waals surface area contributed by atoms with Crippen molar-refractivity contribution in [1.82, 2.24) is 10.2 Å². The minimum atomic E-state index is -4.27. The summed E-state index contributed by atoms with van der Waals surface area (Å²) in [6.07, 6.45) is 0.217. The normalized spacial score (nSPS) is 12.0. The Bertz CT molecular complexity index is 1690. The van der Waals surface area contributed by atoms with Gasteiger partial charge in [0.25, 0.3) is 10.0 Å². The lowest BCUT2D eigenvalue weighted by Crippen LogP contribution is -2.54. The zero-order valence-corrected chi connectivity index (χ0v) is 28.1. The molecule has 0 aliphatic heterocycles. The number of benzene rings is 4. The number of amides is 2. The van der Waals surface area contributed by atoms with Crippen LogP contribution in [-0.4, -0.2) is 43.8 Å². The Morgan fingerprint density at radius 3 is 2.05 bits per heavy atom. The van der Waals surface area contributed by atoms with Crippen LogP contribution >= 0.6 is 39.1 Å². The predicted molar refractivity (Wildman–Crippen MR) is 179 cm³/mol. The average Bonchev–Trinajstić information content (AvgIpc) is 2.99. The first-order chi connectivity index (χ1) is 21.0. The fourth-order valence-corrected chi connectivity index (χ4v) is 6.92. The molecule has 0 heterocycles. The maximum atomic E-state index is 14.4. The van der Waals surface area contributed by atoms with Crippen LogP contribution < -0.4 is 9.62 Å². The minimum Gasteiger partial charge on any atom is -0.352 e. The lowest BCUT2D eigenvalue weighted by Gasteiger charge is -2.34. The number of nitrogens with zero attached hydrogens (tertiary/aromatic N) is 2. The molecule has 0 fully saturated rings. The van der Waals surface area contributed by atoms with Gasteiger partial charge >= 0.3 is 0 Å². The van der Waals surface area contributed by atoms with Crippen molar-refractivity contribution < 1.29 is 18.0 Å². The van der Waals surface area contributed by atoms with E-state index in [1.165, 1.54) is 35.2 Å². The molecule has 230 valence electrons. The number of hydrogen-bond donors (Lipinski definition) is 1. The van der Waals surface area contributed by atoms with Gasteiger partial charge in [-0.25, -0.2) is 8.42 Å². The molecule has 2 amide bonds. The van der Waals surface area contributed by atoms with E-state index in [9.17, 15) is 18.0 Å². The highest BCUT2D eigenvalue weighted by Gasteiger charge is 2.35. The summed E-state index contributed by atoms with van der Waals surface area (Å²) < 4.78 is 29.9. The first kappa shape index (κ1) is 33.5. The summed E-state index contributed by atoms with van der Waals surface area (Å²) in [4.78, 5) is 29.6. The van der Waals surface area contributed by atoms with Crippen molar-refractivity contribution in [3.05, 3.63) is 129 Å². The van der Waals surface area contributed by atoms with Crippen molar-refractivity contribution in [2.75, 3.05) is 10.8 Å². The molecule has 0 aliphatic rings. The average molecular weight is 718 g/mol. The molecule has 4 rings (SSSR count). The smallest absolute Gasteiger partial charge is 0.264 e. The van der Waals surface area contributed by atoms with Gasteiger partial charge < -0.3 is 10.2 Å². The number of rotatable bonds is 12. The number of halogens is 3. The minimum absolute atomic E-state index is 0.0170. The summed E-state index contributed by atoms with van der Waals surface area (Å²) in [6.45, 7) is 3.13. The third-order valence-corrected chi connectivity index (χ3v) is 9.60. The van der Waals surface area contributed by atoms with E-state index >= 15 is 0 Å². The van der Waals surface area contributed by atoms with Gasteiger partial charge in [0.15, 0.2) is 0 Å². The third kappa shape index (κ3) is 8.63. The highest BCUT2D eigenvalue weighted by atomic mass is 79.9. The van der Waals surface area contributed by atoms with Gasteiger partial charge in [-0.1, -0.05) is 99.8 Å².